The molecule has 0 heterocycles. The highest BCUT2D eigenvalue weighted by atomic mass is 35.5. The number of aromatic hydroxyl groups is 1. The molecule has 0 aliphatic heterocycles. The smallest absolute Gasteiger partial charge is 0.127 e. The second-order valence-corrected chi connectivity index (χ2v) is 4.90. The Morgan fingerprint density at radius 1 is 1.25 bits per heavy atom. The third-order valence-corrected chi connectivity index (χ3v) is 3.51. The average molecular weight is 286 g/mol. The Morgan fingerprint density at radius 2 is 2.00 bits per heavy atom. The van der Waals surface area contributed by atoms with Crippen LogP contribution in [0.25, 0.3) is 0 Å². The molecule has 0 saturated heterocycles. The Hall–Kier alpha value is -2.06. The molecule has 0 bridgehead atoms. The van der Waals surface area contributed by atoms with Crippen LogP contribution in [-0.4, -0.2) is 11.3 Å². The van der Waals surface area contributed by atoms with Crippen molar-refractivity contribution < 1.29 is 5.11 Å². The molecule has 2 aromatic rings. The van der Waals surface area contributed by atoms with Gasteiger partial charge in [-0.2, -0.15) is 0 Å². The third kappa shape index (κ3) is 3.09. The maximum Gasteiger partial charge on any atom is 0.127 e. The molecule has 2 nitrogen and oxygen atoms in total. The first-order valence-electron chi connectivity index (χ1n) is 6.34. The predicted molar refractivity (Wildman–Crippen MR) is 85.5 cm³/mol. The molecule has 2 aromatic carbocycles. The summed E-state index contributed by atoms with van der Waals surface area (Å²) in [7, 11) is 0. The molecule has 3 heteroatoms. The standard InChI is InChI=1S/C17H16ClNO/c1-3-6-13-7-4-8-14(17(13)20)11-19-16-10-5-9-15(18)12(16)2/h3-5,7-11,20H,1,6H2,2H3. The van der Waals surface area contributed by atoms with Crippen molar-refractivity contribution in [2.45, 2.75) is 13.3 Å². The van der Waals surface area contributed by atoms with E-state index >= 15 is 0 Å². The first-order valence-corrected chi connectivity index (χ1v) is 6.72. The van der Waals surface area contributed by atoms with E-state index < -0.39 is 0 Å². The summed E-state index contributed by atoms with van der Waals surface area (Å²) in [6.07, 6.45) is 4.04. The minimum absolute atomic E-state index is 0.246. The molecule has 0 amide bonds. The van der Waals surface area contributed by atoms with Crippen LogP contribution < -0.4 is 0 Å². The monoisotopic (exact) mass is 285 g/mol. The fourth-order valence-electron chi connectivity index (χ4n) is 1.91. The van der Waals surface area contributed by atoms with Gasteiger partial charge in [0.05, 0.1) is 5.69 Å². The van der Waals surface area contributed by atoms with Crippen molar-refractivity contribution >= 4 is 23.5 Å². The van der Waals surface area contributed by atoms with Crippen LogP contribution in [0.2, 0.25) is 5.02 Å². The van der Waals surface area contributed by atoms with Crippen molar-refractivity contribution in [3.05, 3.63) is 70.8 Å². The van der Waals surface area contributed by atoms with E-state index in [0.717, 1.165) is 16.8 Å². The molecule has 0 atom stereocenters. The van der Waals surface area contributed by atoms with E-state index in [4.69, 9.17) is 11.6 Å². The lowest BCUT2D eigenvalue weighted by Crippen LogP contribution is -1.89. The molecular weight excluding hydrogens is 270 g/mol. The van der Waals surface area contributed by atoms with Gasteiger partial charge in [-0.1, -0.05) is 35.9 Å². The number of halogens is 1. The second kappa shape index (κ2) is 6.40. The Bertz CT molecular complexity index is 662. The van der Waals surface area contributed by atoms with Gasteiger partial charge in [0.15, 0.2) is 0 Å². The van der Waals surface area contributed by atoms with Gasteiger partial charge in [-0.15, -0.1) is 6.58 Å². The van der Waals surface area contributed by atoms with Gasteiger partial charge in [0, 0.05) is 16.8 Å². The van der Waals surface area contributed by atoms with Gasteiger partial charge in [0.1, 0.15) is 5.75 Å². The van der Waals surface area contributed by atoms with Crippen LogP contribution in [0, 0.1) is 6.92 Å². The Labute approximate surface area is 124 Å². The maximum atomic E-state index is 10.2. The summed E-state index contributed by atoms with van der Waals surface area (Å²) in [5.41, 5.74) is 3.24. The highest BCUT2D eigenvalue weighted by molar-refractivity contribution is 6.31. The summed E-state index contributed by atoms with van der Waals surface area (Å²) in [6.45, 7) is 5.60. The summed E-state index contributed by atoms with van der Waals surface area (Å²) in [5.74, 6) is 0.246. The zero-order valence-electron chi connectivity index (χ0n) is 11.3. The third-order valence-electron chi connectivity index (χ3n) is 3.10. The summed E-state index contributed by atoms with van der Waals surface area (Å²) in [5, 5.41) is 10.8. The highest BCUT2D eigenvalue weighted by Gasteiger charge is 2.04. The molecule has 1 N–H and O–H groups in total. The number of nitrogens with zero attached hydrogens (tertiary/aromatic N) is 1. The van der Waals surface area contributed by atoms with E-state index in [1.807, 2.05) is 43.3 Å². The predicted octanol–water partition coefficient (Wildman–Crippen LogP) is 4.83. The minimum atomic E-state index is 0.246. The zero-order valence-corrected chi connectivity index (χ0v) is 12.1. The molecule has 0 aliphatic carbocycles. The summed E-state index contributed by atoms with van der Waals surface area (Å²) in [4.78, 5) is 4.40. The molecule has 2 rings (SSSR count). The highest BCUT2D eigenvalue weighted by Crippen LogP contribution is 2.27. The molecule has 20 heavy (non-hydrogen) atoms. The van der Waals surface area contributed by atoms with Crippen LogP contribution in [0.4, 0.5) is 5.69 Å². The van der Waals surface area contributed by atoms with Gasteiger partial charge in [-0.3, -0.25) is 4.99 Å². The molecule has 0 aliphatic rings. The van der Waals surface area contributed by atoms with Crippen LogP contribution in [-0.2, 0) is 6.42 Å². The van der Waals surface area contributed by atoms with Gasteiger partial charge in [-0.05, 0) is 42.7 Å². The second-order valence-electron chi connectivity index (χ2n) is 4.49. The molecule has 102 valence electrons. The van der Waals surface area contributed by atoms with Crippen molar-refractivity contribution in [1.29, 1.82) is 0 Å². The quantitative estimate of drug-likeness (QED) is 0.633. The fourth-order valence-corrected chi connectivity index (χ4v) is 2.08. The zero-order chi connectivity index (χ0) is 14.5. The van der Waals surface area contributed by atoms with E-state index in [0.29, 0.717) is 17.0 Å². The summed E-state index contributed by atoms with van der Waals surface area (Å²) in [6, 6.07) is 11.2. The lowest BCUT2D eigenvalue weighted by atomic mass is 10.1. The number of allylic oxidation sites excluding steroid dienone is 1. The molecule has 0 spiro atoms. The molecular formula is C17H16ClNO. The molecule has 0 radical (unpaired) electrons. The van der Waals surface area contributed by atoms with Crippen molar-refractivity contribution in [1.82, 2.24) is 0 Å². The van der Waals surface area contributed by atoms with Crippen LogP contribution in [0.3, 0.4) is 0 Å². The van der Waals surface area contributed by atoms with Crippen molar-refractivity contribution in [3.63, 3.8) is 0 Å². The maximum absolute atomic E-state index is 10.2. The topological polar surface area (TPSA) is 32.6 Å². The molecule has 0 aromatic heterocycles. The fraction of sp³-hybridized carbons (Fsp3) is 0.118. The Balaban J connectivity index is 2.34. The van der Waals surface area contributed by atoms with Gasteiger partial charge < -0.3 is 5.11 Å². The summed E-state index contributed by atoms with van der Waals surface area (Å²) >= 11 is 6.06. The lowest BCUT2D eigenvalue weighted by molar-refractivity contribution is 0.469. The van der Waals surface area contributed by atoms with Gasteiger partial charge in [0.25, 0.3) is 0 Å². The number of rotatable bonds is 4. The van der Waals surface area contributed by atoms with E-state index in [1.54, 1.807) is 12.3 Å². The van der Waals surface area contributed by atoms with Crippen LogP contribution in [0.1, 0.15) is 16.7 Å². The van der Waals surface area contributed by atoms with E-state index in [2.05, 4.69) is 11.6 Å². The Morgan fingerprint density at radius 3 is 2.75 bits per heavy atom. The van der Waals surface area contributed by atoms with E-state index in [9.17, 15) is 5.11 Å². The average Bonchev–Trinajstić information content (AvgIpc) is 2.44. The largest absolute Gasteiger partial charge is 0.507 e. The van der Waals surface area contributed by atoms with Crippen molar-refractivity contribution in [2.75, 3.05) is 0 Å². The van der Waals surface area contributed by atoms with Crippen LogP contribution in [0.15, 0.2) is 54.0 Å². The van der Waals surface area contributed by atoms with Crippen molar-refractivity contribution in [3.8, 4) is 5.75 Å². The number of hydrogen-bond donors (Lipinski definition) is 1. The van der Waals surface area contributed by atoms with Crippen LogP contribution in [0.5, 0.6) is 5.75 Å². The van der Waals surface area contributed by atoms with Gasteiger partial charge >= 0.3 is 0 Å². The normalized spacial score (nSPS) is 10.9. The molecule has 0 unspecified atom stereocenters. The minimum Gasteiger partial charge on any atom is -0.507 e. The number of aliphatic imine (C=N–C) groups is 1. The lowest BCUT2D eigenvalue weighted by Gasteiger charge is -2.05. The van der Waals surface area contributed by atoms with Gasteiger partial charge in [0.2, 0.25) is 0 Å². The molecule has 0 fully saturated rings. The van der Waals surface area contributed by atoms with Gasteiger partial charge in [-0.25, -0.2) is 0 Å². The first-order chi connectivity index (χ1) is 9.63. The van der Waals surface area contributed by atoms with E-state index in [1.165, 1.54) is 0 Å². The SMILES string of the molecule is C=CCc1cccc(C=Nc2cccc(Cl)c2C)c1O. The van der Waals surface area contributed by atoms with Crippen LogP contribution >= 0.6 is 11.6 Å². The number of phenols is 1. The Kier molecular flexibility index (Phi) is 4.59. The van der Waals surface area contributed by atoms with Crippen molar-refractivity contribution in [2.24, 2.45) is 4.99 Å². The number of phenolic OH excluding ortho intramolecular Hbond substituents is 1. The molecule has 0 saturated carbocycles. The number of benzene rings is 2. The van der Waals surface area contributed by atoms with E-state index in [-0.39, 0.29) is 5.75 Å². The number of hydrogen-bond acceptors (Lipinski definition) is 2. The number of para-hydroxylation sites is 1. The summed E-state index contributed by atoms with van der Waals surface area (Å²) < 4.78 is 0. The first kappa shape index (κ1) is 14.4.